The number of piperazine rings is 1. The first-order valence-electron chi connectivity index (χ1n) is 10.8. The van der Waals surface area contributed by atoms with Crippen molar-refractivity contribution in [2.45, 2.75) is 71.3 Å². The van der Waals surface area contributed by atoms with Crippen molar-refractivity contribution in [2.75, 3.05) is 37.7 Å². The molecule has 1 N–H and O–H groups in total. The lowest BCUT2D eigenvalue weighted by molar-refractivity contribution is -0.137. The molecule has 1 aliphatic rings. The van der Waals surface area contributed by atoms with Crippen LogP contribution >= 0.6 is 0 Å². The van der Waals surface area contributed by atoms with Crippen LogP contribution in [0.1, 0.15) is 65.2 Å². The molecule has 1 fully saturated rings. The molecule has 0 aromatic carbocycles. The zero-order chi connectivity index (χ0) is 20.2. The van der Waals surface area contributed by atoms with Gasteiger partial charge in [0.25, 0.3) is 0 Å². The van der Waals surface area contributed by atoms with Crippen LogP contribution < -0.4 is 9.64 Å². The van der Waals surface area contributed by atoms with Crippen molar-refractivity contribution < 1.29 is 14.6 Å². The molecule has 1 atom stereocenters. The second-order valence-electron chi connectivity index (χ2n) is 7.53. The van der Waals surface area contributed by atoms with E-state index in [4.69, 9.17) is 9.84 Å². The molecule has 2 rings (SSSR count). The molecule has 0 spiro atoms. The molecule has 1 unspecified atom stereocenters. The van der Waals surface area contributed by atoms with Crippen LogP contribution in [-0.4, -0.2) is 64.8 Å². The monoisotopic (exact) mass is 392 g/mol. The molecule has 2 heterocycles. The number of carbonyl (C=O) groups is 1. The van der Waals surface area contributed by atoms with Crippen LogP contribution in [0.15, 0.2) is 12.4 Å². The average Bonchev–Trinajstić information content (AvgIpc) is 2.72. The van der Waals surface area contributed by atoms with Gasteiger partial charge in [-0.2, -0.15) is 0 Å². The van der Waals surface area contributed by atoms with Gasteiger partial charge in [-0.05, 0) is 12.8 Å². The van der Waals surface area contributed by atoms with Crippen LogP contribution in [0.4, 0.5) is 5.95 Å². The summed E-state index contributed by atoms with van der Waals surface area (Å²) in [4.78, 5) is 24.3. The Labute approximate surface area is 169 Å². The fraction of sp³-hybridized carbons (Fsp3) is 0.762. The molecule has 0 amide bonds. The third-order valence-corrected chi connectivity index (χ3v) is 5.32. The largest absolute Gasteiger partial charge is 0.490 e. The van der Waals surface area contributed by atoms with Gasteiger partial charge in [0.1, 0.15) is 0 Å². The Bertz CT molecular complexity index is 567. The molecule has 0 aliphatic carbocycles. The summed E-state index contributed by atoms with van der Waals surface area (Å²) in [7, 11) is 0. The van der Waals surface area contributed by atoms with Crippen LogP contribution in [0.25, 0.3) is 0 Å². The van der Waals surface area contributed by atoms with E-state index >= 15 is 0 Å². The molecule has 7 nitrogen and oxygen atoms in total. The first-order valence-corrected chi connectivity index (χ1v) is 10.8. The smallest absolute Gasteiger partial charge is 0.304 e. The summed E-state index contributed by atoms with van der Waals surface area (Å²) in [6.07, 6.45) is 12.2. The van der Waals surface area contributed by atoms with E-state index < -0.39 is 5.97 Å². The van der Waals surface area contributed by atoms with Crippen LogP contribution in [0.2, 0.25) is 0 Å². The molecule has 158 valence electrons. The normalized spacial score (nSPS) is 17.6. The highest BCUT2D eigenvalue weighted by Crippen LogP contribution is 2.20. The number of aliphatic carboxylic acids is 1. The van der Waals surface area contributed by atoms with Crippen molar-refractivity contribution in [2.24, 2.45) is 0 Å². The zero-order valence-electron chi connectivity index (χ0n) is 17.5. The lowest BCUT2D eigenvalue weighted by Crippen LogP contribution is -2.53. The summed E-state index contributed by atoms with van der Waals surface area (Å²) in [5, 5.41) is 8.88. The number of hydrogen-bond donors (Lipinski definition) is 1. The minimum atomic E-state index is -0.740. The fourth-order valence-electron chi connectivity index (χ4n) is 3.59. The van der Waals surface area contributed by atoms with Gasteiger partial charge in [0.2, 0.25) is 5.95 Å². The second kappa shape index (κ2) is 12.5. The molecule has 1 saturated heterocycles. The number of aromatic nitrogens is 2. The summed E-state index contributed by atoms with van der Waals surface area (Å²) < 4.78 is 5.77. The van der Waals surface area contributed by atoms with Gasteiger partial charge >= 0.3 is 5.97 Å². The molecular formula is C21H36N4O3. The van der Waals surface area contributed by atoms with E-state index in [1.165, 1.54) is 32.1 Å². The molecule has 0 bridgehead atoms. The van der Waals surface area contributed by atoms with Crippen molar-refractivity contribution in [3.8, 4) is 5.75 Å². The number of rotatable bonds is 13. The van der Waals surface area contributed by atoms with E-state index in [0.717, 1.165) is 44.2 Å². The van der Waals surface area contributed by atoms with Gasteiger partial charge in [-0.1, -0.05) is 46.0 Å². The van der Waals surface area contributed by atoms with Crippen molar-refractivity contribution in [3.63, 3.8) is 0 Å². The Morgan fingerprint density at radius 2 is 1.86 bits per heavy atom. The van der Waals surface area contributed by atoms with E-state index in [0.29, 0.717) is 19.2 Å². The van der Waals surface area contributed by atoms with Crippen LogP contribution in [0, 0.1) is 0 Å². The van der Waals surface area contributed by atoms with E-state index in [9.17, 15) is 4.79 Å². The maximum Gasteiger partial charge on any atom is 0.304 e. The van der Waals surface area contributed by atoms with Gasteiger partial charge in [-0.15, -0.1) is 0 Å². The maximum atomic E-state index is 10.8. The average molecular weight is 393 g/mol. The van der Waals surface area contributed by atoms with Gasteiger partial charge in [-0.25, -0.2) is 9.97 Å². The third kappa shape index (κ3) is 7.62. The third-order valence-electron chi connectivity index (χ3n) is 5.32. The molecule has 0 radical (unpaired) electrons. The van der Waals surface area contributed by atoms with Crippen LogP contribution in [-0.2, 0) is 4.79 Å². The Balaban J connectivity index is 1.76. The molecule has 1 aliphatic heterocycles. The predicted molar refractivity (Wildman–Crippen MR) is 111 cm³/mol. The molecule has 1 aromatic rings. The minimum absolute atomic E-state index is 0.192. The standard InChI is InChI=1S/C21H36N4O3/c1-3-5-6-7-8-9-14-28-19-15-22-21(23-16-19)25-13-12-24(11-10-20(26)27)17-18(25)4-2/h15-16,18H,3-14,17H2,1-2H3,(H,26,27). The number of ether oxygens (including phenoxy) is 1. The van der Waals surface area contributed by atoms with Gasteiger partial charge in [-0.3, -0.25) is 9.69 Å². The van der Waals surface area contributed by atoms with Crippen molar-refractivity contribution >= 4 is 11.9 Å². The van der Waals surface area contributed by atoms with Gasteiger partial charge < -0.3 is 14.7 Å². The van der Waals surface area contributed by atoms with Crippen molar-refractivity contribution in [1.29, 1.82) is 0 Å². The quantitative estimate of drug-likeness (QED) is 0.514. The Kier molecular flexibility index (Phi) is 10.0. The summed E-state index contributed by atoms with van der Waals surface area (Å²) in [5.41, 5.74) is 0. The number of nitrogens with zero attached hydrogens (tertiary/aromatic N) is 4. The highest BCUT2D eigenvalue weighted by Gasteiger charge is 2.27. The Morgan fingerprint density at radius 3 is 2.54 bits per heavy atom. The zero-order valence-corrected chi connectivity index (χ0v) is 17.5. The molecule has 28 heavy (non-hydrogen) atoms. The number of anilines is 1. The van der Waals surface area contributed by atoms with E-state index in [2.05, 4.69) is 33.6 Å². The number of unbranched alkanes of at least 4 members (excludes halogenated alkanes) is 5. The number of hydrogen-bond acceptors (Lipinski definition) is 6. The van der Waals surface area contributed by atoms with Gasteiger partial charge in [0, 0.05) is 32.2 Å². The molecule has 0 saturated carbocycles. The first kappa shape index (κ1) is 22.4. The fourth-order valence-corrected chi connectivity index (χ4v) is 3.59. The topological polar surface area (TPSA) is 78.8 Å². The molecular weight excluding hydrogens is 356 g/mol. The summed E-state index contributed by atoms with van der Waals surface area (Å²) in [6, 6.07) is 0.303. The van der Waals surface area contributed by atoms with Gasteiger partial charge in [0.15, 0.2) is 5.75 Å². The maximum absolute atomic E-state index is 10.8. The lowest BCUT2D eigenvalue weighted by Gasteiger charge is -2.41. The highest BCUT2D eigenvalue weighted by atomic mass is 16.5. The minimum Gasteiger partial charge on any atom is -0.490 e. The van der Waals surface area contributed by atoms with E-state index in [-0.39, 0.29) is 6.42 Å². The first-order chi connectivity index (χ1) is 13.6. The number of carboxylic acids is 1. The van der Waals surface area contributed by atoms with Gasteiger partial charge in [0.05, 0.1) is 25.4 Å². The van der Waals surface area contributed by atoms with E-state index in [1.807, 2.05) is 0 Å². The SMILES string of the molecule is CCCCCCCCOc1cnc(N2CCN(CCC(=O)O)CC2CC)nc1. The molecule has 7 heteroatoms. The van der Waals surface area contributed by atoms with Crippen LogP contribution in [0.5, 0.6) is 5.75 Å². The summed E-state index contributed by atoms with van der Waals surface area (Å²) >= 11 is 0. The van der Waals surface area contributed by atoms with Crippen LogP contribution in [0.3, 0.4) is 0 Å². The summed E-state index contributed by atoms with van der Waals surface area (Å²) in [5.74, 6) is 0.720. The lowest BCUT2D eigenvalue weighted by atomic mass is 10.1. The molecule has 1 aromatic heterocycles. The summed E-state index contributed by atoms with van der Waals surface area (Å²) in [6.45, 7) is 8.20. The highest BCUT2D eigenvalue weighted by molar-refractivity contribution is 5.66. The second-order valence-corrected chi connectivity index (χ2v) is 7.53. The van der Waals surface area contributed by atoms with Crippen molar-refractivity contribution in [3.05, 3.63) is 12.4 Å². The Morgan fingerprint density at radius 1 is 1.14 bits per heavy atom. The number of carboxylic acid groups (broad SMARTS) is 1. The predicted octanol–water partition coefficient (Wildman–Crippen LogP) is 3.59. The van der Waals surface area contributed by atoms with E-state index in [1.54, 1.807) is 12.4 Å². The van der Waals surface area contributed by atoms with Crippen molar-refractivity contribution in [1.82, 2.24) is 14.9 Å². The Hall–Kier alpha value is -1.89.